The van der Waals surface area contributed by atoms with E-state index in [1.165, 1.54) is 21.1 Å². The van der Waals surface area contributed by atoms with Gasteiger partial charge in [-0.3, -0.25) is 0 Å². The zero-order valence-corrected chi connectivity index (χ0v) is 13.2. The molecule has 0 spiro atoms. The quantitative estimate of drug-likeness (QED) is 0.729. The Kier molecular flexibility index (Phi) is 5.95. The van der Waals surface area contributed by atoms with Gasteiger partial charge in [0.25, 0.3) is 0 Å². The van der Waals surface area contributed by atoms with E-state index in [-0.39, 0.29) is 0 Å². The molecule has 1 aromatic carbocycles. The molecule has 0 fully saturated rings. The zero-order valence-electron chi connectivity index (χ0n) is 11.6. The highest BCUT2D eigenvalue weighted by Crippen LogP contribution is 2.28. The van der Waals surface area contributed by atoms with E-state index in [0.29, 0.717) is 6.04 Å². The van der Waals surface area contributed by atoms with Crippen molar-refractivity contribution in [1.82, 2.24) is 5.32 Å². The van der Waals surface area contributed by atoms with Crippen LogP contribution in [0.5, 0.6) is 0 Å². The molecule has 102 valence electrons. The number of thioether (sulfide) groups is 1. The normalized spacial score (nSPS) is 12.5. The molecular formula is C16H21NS2. The van der Waals surface area contributed by atoms with E-state index in [4.69, 9.17) is 0 Å². The lowest BCUT2D eigenvalue weighted by Crippen LogP contribution is -2.23. The molecule has 1 unspecified atom stereocenters. The van der Waals surface area contributed by atoms with Gasteiger partial charge in [0, 0.05) is 20.4 Å². The van der Waals surface area contributed by atoms with E-state index >= 15 is 0 Å². The van der Waals surface area contributed by atoms with Crippen LogP contribution in [0.3, 0.4) is 0 Å². The van der Waals surface area contributed by atoms with Gasteiger partial charge in [0.2, 0.25) is 0 Å². The molecule has 0 aliphatic rings. The summed E-state index contributed by atoms with van der Waals surface area (Å²) >= 11 is 3.83. The van der Waals surface area contributed by atoms with Crippen molar-refractivity contribution in [1.29, 1.82) is 0 Å². The summed E-state index contributed by atoms with van der Waals surface area (Å²) in [6.45, 7) is 5.47. The molecule has 0 aliphatic heterocycles. The van der Waals surface area contributed by atoms with Crippen molar-refractivity contribution < 1.29 is 0 Å². The highest BCUT2D eigenvalue weighted by atomic mass is 32.2. The maximum atomic E-state index is 3.66. The minimum absolute atomic E-state index is 0.462. The topological polar surface area (TPSA) is 12.0 Å². The Bertz CT molecular complexity index is 479. The minimum Gasteiger partial charge on any atom is -0.309 e. The first kappa shape index (κ1) is 14.6. The third-order valence-corrected chi connectivity index (χ3v) is 5.13. The second-order valence-corrected chi connectivity index (χ2v) is 6.99. The lowest BCUT2D eigenvalue weighted by molar-refractivity contribution is 0.585. The molecule has 1 heterocycles. The summed E-state index contributed by atoms with van der Waals surface area (Å²) in [6, 6.07) is 15.6. The highest BCUT2D eigenvalue weighted by molar-refractivity contribution is 7.99. The van der Waals surface area contributed by atoms with Gasteiger partial charge in [-0.2, -0.15) is 0 Å². The fraction of sp³-hybridized carbons (Fsp3) is 0.375. The Balaban J connectivity index is 1.98. The zero-order chi connectivity index (χ0) is 13.5. The van der Waals surface area contributed by atoms with Crippen molar-refractivity contribution in [3.63, 3.8) is 0 Å². The summed E-state index contributed by atoms with van der Waals surface area (Å²) in [5.41, 5.74) is 0. The number of rotatable bonds is 7. The van der Waals surface area contributed by atoms with Crippen LogP contribution in [0, 0.1) is 6.92 Å². The predicted molar refractivity (Wildman–Crippen MR) is 87.3 cm³/mol. The fourth-order valence-electron chi connectivity index (χ4n) is 1.90. The van der Waals surface area contributed by atoms with Crippen molar-refractivity contribution in [2.24, 2.45) is 0 Å². The monoisotopic (exact) mass is 291 g/mol. The average Bonchev–Trinajstić information content (AvgIpc) is 2.86. The smallest absolute Gasteiger partial charge is 0.0510 e. The lowest BCUT2D eigenvalue weighted by Gasteiger charge is -2.16. The van der Waals surface area contributed by atoms with Crippen molar-refractivity contribution in [2.75, 3.05) is 12.3 Å². The molecule has 0 saturated carbocycles. The Morgan fingerprint density at radius 3 is 2.58 bits per heavy atom. The Morgan fingerprint density at radius 1 is 1.16 bits per heavy atom. The Labute approximate surface area is 124 Å². The van der Waals surface area contributed by atoms with Crippen LogP contribution in [-0.4, -0.2) is 12.3 Å². The van der Waals surface area contributed by atoms with Gasteiger partial charge in [-0.15, -0.1) is 23.1 Å². The first-order valence-electron chi connectivity index (χ1n) is 6.77. The van der Waals surface area contributed by atoms with E-state index < -0.39 is 0 Å². The number of hydrogen-bond acceptors (Lipinski definition) is 3. The van der Waals surface area contributed by atoms with E-state index in [9.17, 15) is 0 Å². The number of nitrogens with one attached hydrogen (secondary N) is 1. The number of benzene rings is 1. The number of aryl methyl sites for hydroxylation is 1. The fourth-order valence-corrected chi connectivity index (χ4v) is 3.96. The van der Waals surface area contributed by atoms with Gasteiger partial charge in [0.15, 0.2) is 0 Å². The van der Waals surface area contributed by atoms with Crippen LogP contribution < -0.4 is 5.32 Å². The molecule has 1 N–H and O–H groups in total. The third kappa shape index (κ3) is 4.68. The van der Waals surface area contributed by atoms with E-state index in [0.717, 1.165) is 12.3 Å². The van der Waals surface area contributed by atoms with Crippen LogP contribution in [0.1, 0.15) is 29.1 Å². The van der Waals surface area contributed by atoms with Crippen LogP contribution >= 0.6 is 23.1 Å². The van der Waals surface area contributed by atoms with Gasteiger partial charge in [-0.1, -0.05) is 25.1 Å². The summed E-state index contributed by atoms with van der Waals surface area (Å²) in [6.07, 6.45) is 1.18. The second kappa shape index (κ2) is 7.73. The predicted octanol–water partition coefficient (Wildman–Crippen LogP) is 4.89. The molecule has 3 heteroatoms. The maximum Gasteiger partial charge on any atom is 0.0510 e. The van der Waals surface area contributed by atoms with Crippen molar-refractivity contribution in [3.05, 3.63) is 52.2 Å². The van der Waals surface area contributed by atoms with Gasteiger partial charge >= 0.3 is 0 Å². The molecule has 1 nitrogen and oxygen atoms in total. The Morgan fingerprint density at radius 2 is 1.95 bits per heavy atom. The van der Waals surface area contributed by atoms with E-state index in [1.807, 2.05) is 23.1 Å². The van der Waals surface area contributed by atoms with Gasteiger partial charge in [-0.25, -0.2) is 0 Å². The lowest BCUT2D eigenvalue weighted by atomic mass is 10.2. The Hall–Kier alpha value is -0.770. The highest BCUT2D eigenvalue weighted by Gasteiger charge is 2.12. The molecule has 2 aromatic rings. The van der Waals surface area contributed by atoms with Crippen LogP contribution in [0.4, 0.5) is 0 Å². The second-order valence-electron chi connectivity index (χ2n) is 4.58. The number of thiophene rings is 1. The molecule has 1 aromatic heterocycles. The van der Waals surface area contributed by atoms with Gasteiger partial charge in [0.05, 0.1) is 6.04 Å². The molecule has 19 heavy (non-hydrogen) atoms. The maximum absolute atomic E-state index is 3.66. The number of hydrogen-bond donors (Lipinski definition) is 1. The van der Waals surface area contributed by atoms with Crippen LogP contribution in [0.2, 0.25) is 0 Å². The van der Waals surface area contributed by atoms with E-state index in [2.05, 4.69) is 61.6 Å². The van der Waals surface area contributed by atoms with Gasteiger partial charge in [-0.05, 0) is 44.2 Å². The summed E-state index contributed by atoms with van der Waals surface area (Å²) in [7, 11) is 0. The van der Waals surface area contributed by atoms with E-state index in [1.54, 1.807) is 0 Å². The summed E-state index contributed by atoms with van der Waals surface area (Å²) < 4.78 is 0. The molecular weight excluding hydrogens is 270 g/mol. The van der Waals surface area contributed by atoms with Crippen molar-refractivity contribution >= 4 is 23.1 Å². The largest absolute Gasteiger partial charge is 0.309 e. The van der Waals surface area contributed by atoms with Crippen molar-refractivity contribution in [3.8, 4) is 0 Å². The molecule has 0 aliphatic carbocycles. The minimum atomic E-state index is 0.462. The molecule has 0 bridgehead atoms. The van der Waals surface area contributed by atoms with Crippen LogP contribution in [-0.2, 0) is 0 Å². The molecule has 2 rings (SSSR count). The first-order chi connectivity index (χ1) is 9.29. The standard InChI is InChI=1S/C16H21NS2/c1-3-11-17-15(16-10-9-13(2)19-16)12-18-14-7-5-4-6-8-14/h4-10,15,17H,3,11-12H2,1-2H3. The van der Waals surface area contributed by atoms with Gasteiger partial charge in [0.1, 0.15) is 0 Å². The first-order valence-corrected chi connectivity index (χ1v) is 8.57. The van der Waals surface area contributed by atoms with Crippen LogP contribution in [0.15, 0.2) is 47.4 Å². The van der Waals surface area contributed by atoms with Crippen LogP contribution in [0.25, 0.3) is 0 Å². The van der Waals surface area contributed by atoms with Gasteiger partial charge < -0.3 is 5.32 Å². The molecule has 0 saturated heterocycles. The molecule has 0 radical (unpaired) electrons. The average molecular weight is 291 g/mol. The summed E-state index contributed by atoms with van der Waals surface area (Å²) in [5, 5.41) is 3.66. The molecule has 1 atom stereocenters. The molecule has 0 amide bonds. The summed E-state index contributed by atoms with van der Waals surface area (Å²) in [5.74, 6) is 1.09. The SMILES string of the molecule is CCCNC(CSc1ccccc1)c1ccc(C)s1. The third-order valence-electron chi connectivity index (χ3n) is 2.91. The summed E-state index contributed by atoms with van der Waals surface area (Å²) in [4.78, 5) is 4.19. The van der Waals surface area contributed by atoms with Crippen molar-refractivity contribution in [2.45, 2.75) is 31.2 Å².